The maximum atomic E-state index is 5.02. The summed E-state index contributed by atoms with van der Waals surface area (Å²) in [6, 6.07) is 3.26. The van der Waals surface area contributed by atoms with Gasteiger partial charge in [-0.3, -0.25) is 4.98 Å². The van der Waals surface area contributed by atoms with Crippen LogP contribution in [-0.4, -0.2) is 17.6 Å². The third-order valence-electron chi connectivity index (χ3n) is 7.87. The quantitative estimate of drug-likeness (QED) is 0.192. The van der Waals surface area contributed by atoms with E-state index in [0.29, 0.717) is 12.0 Å². The van der Waals surface area contributed by atoms with Crippen LogP contribution in [0.2, 0.25) is 0 Å². The van der Waals surface area contributed by atoms with Crippen LogP contribution in [-0.2, 0) is 6.42 Å². The van der Waals surface area contributed by atoms with Gasteiger partial charge in [-0.2, -0.15) is 0 Å². The van der Waals surface area contributed by atoms with E-state index in [0.717, 1.165) is 6.42 Å². The molecule has 0 bridgehead atoms. The Hall–Kier alpha value is -1.05. The van der Waals surface area contributed by atoms with Crippen LogP contribution in [0, 0.1) is 0 Å². The molecule has 0 spiro atoms. The van der Waals surface area contributed by atoms with Gasteiger partial charge >= 0.3 is 0 Å². The minimum atomic E-state index is 0.630. The van der Waals surface area contributed by atoms with Crippen molar-refractivity contribution in [3.63, 3.8) is 0 Å². The fourth-order valence-electron chi connectivity index (χ4n) is 5.59. The third kappa shape index (κ3) is 10.4. The molecule has 1 aliphatic rings. The van der Waals surface area contributed by atoms with Gasteiger partial charge in [0, 0.05) is 18.8 Å². The van der Waals surface area contributed by atoms with E-state index in [1.54, 1.807) is 0 Å². The number of nitrogens with zero attached hydrogens (tertiary/aromatic N) is 2. The number of hydrogen-bond acceptors (Lipinski definition) is 2. The molecule has 1 unspecified atom stereocenters. The zero-order valence-corrected chi connectivity index (χ0v) is 22.8. The summed E-state index contributed by atoms with van der Waals surface area (Å²) in [7, 11) is 0. The van der Waals surface area contributed by atoms with Gasteiger partial charge in [0.1, 0.15) is 0 Å². The zero-order valence-electron chi connectivity index (χ0n) is 22.8. The molecule has 0 saturated carbocycles. The second kappa shape index (κ2) is 17.4. The lowest BCUT2D eigenvalue weighted by Gasteiger charge is -2.38. The minimum absolute atomic E-state index is 0.630. The monoisotopic (exact) mass is 456 g/mol. The summed E-state index contributed by atoms with van der Waals surface area (Å²) in [5.41, 5.74) is 4.33. The number of fused-ring (bicyclic) bond motifs is 1. The molecule has 0 aliphatic carbocycles. The first kappa shape index (κ1) is 28.2. The van der Waals surface area contributed by atoms with Crippen LogP contribution in [0.4, 0.5) is 5.69 Å². The molecule has 2 heteroatoms. The Balaban J connectivity index is 2.05. The van der Waals surface area contributed by atoms with Crippen molar-refractivity contribution in [1.82, 2.24) is 4.98 Å². The molecule has 2 nitrogen and oxygen atoms in total. The van der Waals surface area contributed by atoms with Crippen LogP contribution in [0.3, 0.4) is 0 Å². The maximum Gasteiger partial charge on any atom is 0.0637 e. The molecule has 1 aliphatic heterocycles. The Morgan fingerprint density at radius 3 is 1.91 bits per heavy atom. The van der Waals surface area contributed by atoms with Crippen LogP contribution < -0.4 is 4.90 Å². The van der Waals surface area contributed by atoms with Gasteiger partial charge in [0.2, 0.25) is 0 Å². The first-order valence-corrected chi connectivity index (χ1v) is 15.0. The lowest BCUT2D eigenvalue weighted by Crippen LogP contribution is -2.39. The summed E-state index contributed by atoms with van der Waals surface area (Å²) >= 11 is 0. The number of hydrogen-bond donors (Lipinski definition) is 0. The molecular weight excluding hydrogens is 400 g/mol. The highest BCUT2D eigenvalue weighted by Crippen LogP contribution is 2.34. The Morgan fingerprint density at radius 2 is 1.30 bits per heavy atom. The zero-order chi connectivity index (χ0) is 23.7. The fraction of sp³-hybridized carbons (Fsp3) is 0.839. The molecule has 0 saturated heterocycles. The average molecular weight is 457 g/mol. The van der Waals surface area contributed by atoms with Crippen LogP contribution in [0.5, 0.6) is 0 Å². The van der Waals surface area contributed by atoms with Crippen molar-refractivity contribution in [2.24, 2.45) is 0 Å². The predicted molar refractivity (Wildman–Crippen MR) is 148 cm³/mol. The van der Waals surface area contributed by atoms with Gasteiger partial charge in [-0.25, -0.2) is 0 Å². The molecule has 0 N–H and O–H groups in total. The largest absolute Gasteiger partial charge is 0.367 e. The highest BCUT2D eigenvalue weighted by molar-refractivity contribution is 5.55. The lowest BCUT2D eigenvalue weighted by atomic mass is 9.92. The van der Waals surface area contributed by atoms with Gasteiger partial charge in [0.25, 0.3) is 0 Å². The standard InChI is InChI=1S/C31H56N2/c1-5-8-11-14-17-21-29(22-18-15-12-9-6-2)33-24-19-23-30-31(33)25-28(26-32-30)27(4)20-16-13-10-7-3/h25-27,29H,5-24H2,1-4H3. The third-order valence-corrected chi connectivity index (χ3v) is 7.87. The smallest absolute Gasteiger partial charge is 0.0637 e. The summed E-state index contributed by atoms with van der Waals surface area (Å²) in [6.45, 7) is 10.6. The summed E-state index contributed by atoms with van der Waals surface area (Å²) in [6.07, 6.45) is 28.0. The van der Waals surface area contributed by atoms with Crippen LogP contribution in [0.1, 0.15) is 160 Å². The molecule has 0 fully saturated rings. The van der Waals surface area contributed by atoms with E-state index in [1.807, 2.05) is 0 Å². The highest BCUT2D eigenvalue weighted by atomic mass is 15.2. The van der Waals surface area contributed by atoms with Crippen LogP contribution in [0.25, 0.3) is 0 Å². The van der Waals surface area contributed by atoms with Crippen LogP contribution >= 0.6 is 0 Å². The molecule has 1 aromatic rings. The van der Waals surface area contributed by atoms with Crippen molar-refractivity contribution in [3.05, 3.63) is 23.5 Å². The molecule has 0 radical (unpaired) electrons. The van der Waals surface area contributed by atoms with E-state index >= 15 is 0 Å². The van der Waals surface area contributed by atoms with E-state index in [1.165, 1.54) is 139 Å². The maximum absolute atomic E-state index is 5.02. The molecule has 190 valence electrons. The topological polar surface area (TPSA) is 16.1 Å². The molecule has 0 aromatic carbocycles. The summed E-state index contributed by atoms with van der Waals surface area (Å²) in [4.78, 5) is 7.82. The number of aromatic nitrogens is 1. The number of anilines is 1. The molecule has 2 rings (SSSR count). The molecular formula is C31H56N2. The lowest BCUT2D eigenvalue weighted by molar-refractivity contribution is 0.447. The fourth-order valence-corrected chi connectivity index (χ4v) is 5.59. The number of unbranched alkanes of at least 4 members (excludes halogenated alkanes) is 11. The Bertz CT molecular complexity index is 597. The van der Waals surface area contributed by atoms with Gasteiger partial charge in [-0.1, -0.05) is 118 Å². The summed E-state index contributed by atoms with van der Waals surface area (Å²) in [5.74, 6) is 0.630. The first-order valence-electron chi connectivity index (χ1n) is 15.0. The number of aryl methyl sites for hydroxylation is 1. The van der Waals surface area contributed by atoms with E-state index in [-0.39, 0.29) is 0 Å². The summed E-state index contributed by atoms with van der Waals surface area (Å²) in [5, 5.41) is 0. The van der Waals surface area contributed by atoms with Gasteiger partial charge < -0.3 is 4.90 Å². The van der Waals surface area contributed by atoms with E-state index in [4.69, 9.17) is 4.98 Å². The van der Waals surface area contributed by atoms with Crippen molar-refractivity contribution < 1.29 is 0 Å². The molecule has 1 atom stereocenters. The Morgan fingerprint density at radius 1 is 0.758 bits per heavy atom. The van der Waals surface area contributed by atoms with Gasteiger partial charge in [-0.05, 0) is 49.7 Å². The van der Waals surface area contributed by atoms with E-state index in [9.17, 15) is 0 Å². The van der Waals surface area contributed by atoms with Crippen molar-refractivity contribution >= 4 is 5.69 Å². The van der Waals surface area contributed by atoms with E-state index in [2.05, 4.69) is 44.9 Å². The average Bonchev–Trinajstić information content (AvgIpc) is 2.84. The van der Waals surface area contributed by atoms with Gasteiger partial charge in [0.05, 0.1) is 11.4 Å². The SMILES string of the molecule is CCCCCCCC(CCCCCCC)N1CCCc2ncc(C(C)CCCCCC)cc21. The molecule has 0 amide bonds. The van der Waals surface area contributed by atoms with Crippen molar-refractivity contribution in [3.8, 4) is 0 Å². The molecule has 33 heavy (non-hydrogen) atoms. The Kier molecular flexibility index (Phi) is 14.9. The predicted octanol–water partition coefficient (Wildman–Crippen LogP) is 10.00. The van der Waals surface area contributed by atoms with Gasteiger partial charge in [-0.15, -0.1) is 0 Å². The number of rotatable bonds is 19. The van der Waals surface area contributed by atoms with Crippen molar-refractivity contribution in [1.29, 1.82) is 0 Å². The minimum Gasteiger partial charge on any atom is -0.367 e. The normalized spacial score (nSPS) is 14.6. The van der Waals surface area contributed by atoms with Crippen molar-refractivity contribution in [2.75, 3.05) is 11.4 Å². The van der Waals surface area contributed by atoms with Crippen molar-refractivity contribution in [2.45, 2.75) is 162 Å². The molecule has 1 aromatic heterocycles. The Labute approximate surface area is 207 Å². The second-order valence-electron chi connectivity index (χ2n) is 10.8. The van der Waals surface area contributed by atoms with E-state index < -0.39 is 0 Å². The number of pyridine rings is 1. The molecule has 2 heterocycles. The van der Waals surface area contributed by atoms with Gasteiger partial charge in [0.15, 0.2) is 0 Å². The summed E-state index contributed by atoms with van der Waals surface area (Å²) < 4.78 is 0. The first-order chi connectivity index (χ1) is 16.2. The van der Waals surface area contributed by atoms with Crippen LogP contribution in [0.15, 0.2) is 12.3 Å². The second-order valence-corrected chi connectivity index (χ2v) is 10.8. The highest BCUT2D eigenvalue weighted by Gasteiger charge is 2.25.